The van der Waals surface area contributed by atoms with Gasteiger partial charge in [0.2, 0.25) is 5.91 Å². The van der Waals surface area contributed by atoms with Crippen LogP contribution in [0.3, 0.4) is 0 Å². The molecule has 0 unspecified atom stereocenters. The summed E-state index contributed by atoms with van der Waals surface area (Å²) < 4.78 is 42.5. The van der Waals surface area contributed by atoms with Gasteiger partial charge >= 0.3 is 6.01 Å². The standard InChI is InChI=1S/C46H51F2N7O4/c1-6-35-38(48)14-11-31-20-34(56)22-37(42(31)35)30-10-13-36-39(21-30)51-44(52-43(36)50-27-46(16-8-9-17-46)53(5)41(57)7-2)59-28-45(4)23-32(47)25-55(45)33-12-15-40(49-24-33)54-18-19-58-26-29(54)3/h1,7,11-12,14-15,20-22,24,29,32,56H,2,8-10,13,16-19,23,25-28H2,3-5H3,(H,50,51,52)/t29-,32-,45+/m1/s1. The van der Waals surface area contributed by atoms with Gasteiger partial charge in [0.1, 0.15) is 36.0 Å². The number of allylic oxidation sites excluding steroid dienone is 1. The molecule has 1 amide bonds. The molecule has 4 heterocycles. The van der Waals surface area contributed by atoms with Crippen molar-refractivity contribution in [2.75, 3.05) is 61.6 Å². The molecule has 4 aliphatic rings. The van der Waals surface area contributed by atoms with Crippen molar-refractivity contribution in [3.05, 3.63) is 83.5 Å². The number of likely N-dealkylation sites (N-methyl/N-ethyl adjacent to an activating group) is 1. The normalized spacial score (nSPS) is 22.4. The molecule has 0 spiro atoms. The van der Waals surface area contributed by atoms with E-state index in [1.807, 2.05) is 37.1 Å². The number of aromatic hydroxyl groups is 1. The maximum atomic E-state index is 15.4. The van der Waals surface area contributed by atoms with E-state index < -0.39 is 23.1 Å². The molecule has 3 atom stereocenters. The molecule has 3 fully saturated rings. The largest absolute Gasteiger partial charge is 0.508 e. The van der Waals surface area contributed by atoms with Crippen LogP contribution in [-0.4, -0.2) is 101 Å². The van der Waals surface area contributed by atoms with Gasteiger partial charge in [0.25, 0.3) is 0 Å². The molecule has 59 heavy (non-hydrogen) atoms. The fourth-order valence-electron chi connectivity index (χ4n) is 9.49. The summed E-state index contributed by atoms with van der Waals surface area (Å²) in [6.45, 7) is 10.6. The number of nitrogens with one attached hydrogen (secondary N) is 1. The SMILES string of the molecule is C#Cc1c(F)ccc2cc(O)cc(C3=Cc4nc(OC[C@]5(C)C[C@@H](F)CN5c5ccc(N6CCOC[C@H]6C)nc5)nc(NCC5(N(C)C(=O)C=C)CCCC5)c4CC3)c12. The third-order valence-electron chi connectivity index (χ3n) is 12.8. The number of morpholine rings is 1. The average molecular weight is 804 g/mol. The van der Waals surface area contributed by atoms with Gasteiger partial charge in [0, 0.05) is 37.5 Å². The van der Waals surface area contributed by atoms with Crippen LogP contribution in [0.15, 0.2) is 55.3 Å². The molecule has 2 aliphatic carbocycles. The Labute approximate surface area is 344 Å². The van der Waals surface area contributed by atoms with Crippen molar-refractivity contribution in [2.45, 2.75) is 82.1 Å². The number of ether oxygens (including phenoxy) is 2. The summed E-state index contributed by atoms with van der Waals surface area (Å²) >= 11 is 0. The van der Waals surface area contributed by atoms with E-state index in [1.54, 1.807) is 29.3 Å². The first-order valence-electron chi connectivity index (χ1n) is 20.4. The highest BCUT2D eigenvalue weighted by Gasteiger charge is 2.44. The lowest BCUT2D eigenvalue weighted by Crippen LogP contribution is -2.51. The second kappa shape index (κ2) is 16.1. The van der Waals surface area contributed by atoms with Crippen LogP contribution in [-0.2, 0) is 16.0 Å². The molecule has 2 aromatic carbocycles. The molecule has 2 N–H and O–H groups in total. The molecule has 11 nitrogen and oxygen atoms in total. The molecular formula is C46H51F2N7O4. The van der Waals surface area contributed by atoms with Gasteiger partial charge in [0.05, 0.1) is 60.0 Å². The minimum absolute atomic E-state index is 0.0314. The Morgan fingerprint density at radius 2 is 2.03 bits per heavy atom. The highest BCUT2D eigenvalue weighted by molar-refractivity contribution is 6.02. The van der Waals surface area contributed by atoms with Gasteiger partial charge in [0.15, 0.2) is 0 Å². The molecule has 13 heteroatoms. The lowest BCUT2D eigenvalue weighted by Gasteiger charge is -2.39. The van der Waals surface area contributed by atoms with Gasteiger partial charge in [-0.25, -0.2) is 13.8 Å². The van der Waals surface area contributed by atoms with Crippen molar-refractivity contribution < 1.29 is 28.2 Å². The van der Waals surface area contributed by atoms with Crippen LogP contribution >= 0.6 is 0 Å². The predicted octanol–water partition coefficient (Wildman–Crippen LogP) is 7.32. The number of rotatable bonds is 11. The first-order chi connectivity index (χ1) is 28.4. The zero-order chi connectivity index (χ0) is 41.5. The van der Waals surface area contributed by atoms with Gasteiger partial charge in [-0.1, -0.05) is 31.4 Å². The van der Waals surface area contributed by atoms with Crippen LogP contribution in [0.2, 0.25) is 0 Å². The topological polar surface area (TPSA) is 116 Å². The lowest BCUT2D eigenvalue weighted by molar-refractivity contribution is -0.129. The van der Waals surface area contributed by atoms with Gasteiger partial charge in [-0.05, 0) is 98.5 Å². The molecule has 0 radical (unpaired) electrons. The second-order valence-corrected chi connectivity index (χ2v) is 16.6. The van der Waals surface area contributed by atoms with E-state index in [-0.39, 0.29) is 48.8 Å². The lowest BCUT2D eigenvalue weighted by atomic mass is 9.87. The summed E-state index contributed by atoms with van der Waals surface area (Å²) in [5, 5.41) is 15.5. The summed E-state index contributed by atoms with van der Waals surface area (Å²) in [5.74, 6) is 3.32. The molecule has 0 bridgehead atoms. The second-order valence-electron chi connectivity index (χ2n) is 16.6. The van der Waals surface area contributed by atoms with Crippen molar-refractivity contribution in [3.63, 3.8) is 0 Å². The van der Waals surface area contributed by atoms with E-state index in [2.05, 4.69) is 29.6 Å². The van der Waals surface area contributed by atoms with Crippen LogP contribution in [0.25, 0.3) is 22.4 Å². The summed E-state index contributed by atoms with van der Waals surface area (Å²) in [4.78, 5) is 33.5. The first kappa shape index (κ1) is 40.1. The van der Waals surface area contributed by atoms with Crippen molar-refractivity contribution in [1.82, 2.24) is 19.9 Å². The van der Waals surface area contributed by atoms with E-state index in [0.29, 0.717) is 60.4 Å². The number of amides is 1. The third kappa shape index (κ3) is 7.66. The van der Waals surface area contributed by atoms with E-state index in [0.717, 1.165) is 54.9 Å². The monoisotopic (exact) mass is 803 g/mol. The Balaban J connectivity index is 1.13. The minimum atomic E-state index is -1.08. The number of fused-ring (bicyclic) bond motifs is 2. The van der Waals surface area contributed by atoms with Crippen LogP contribution in [0.1, 0.15) is 74.8 Å². The van der Waals surface area contributed by atoms with E-state index in [1.165, 1.54) is 12.1 Å². The van der Waals surface area contributed by atoms with Gasteiger partial charge in [-0.3, -0.25) is 4.79 Å². The van der Waals surface area contributed by atoms with Gasteiger partial charge in [-0.2, -0.15) is 9.97 Å². The Morgan fingerprint density at radius 1 is 1.22 bits per heavy atom. The van der Waals surface area contributed by atoms with Crippen LogP contribution in [0.4, 0.5) is 26.1 Å². The number of terminal acetylenes is 1. The quantitative estimate of drug-likeness (QED) is 0.118. The maximum Gasteiger partial charge on any atom is 0.319 e. The first-order valence-corrected chi connectivity index (χ1v) is 20.4. The molecule has 1 saturated carbocycles. The molecule has 2 saturated heterocycles. The Kier molecular flexibility index (Phi) is 11.0. The minimum Gasteiger partial charge on any atom is -0.508 e. The third-order valence-corrected chi connectivity index (χ3v) is 12.8. The van der Waals surface area contributed by atoms with Gasteiger partial charge < -0.3 is 34.6 Å². The van der Waals surface area contributed by atoms with Crippen molar-refractivity contribution in [2.24, 2.45) is 0 Å². The Bertz CT molecular complexity index is 2340. The number of nitrogens with zero attached hydrogens (tertiary/aromatic N) is 6. The molecular weight excluding hydrogens is 753 g/mol. The van der Waals surface area contributed by atoms with Crippen LogP contribution < -0.4 is 19.9 Å². The molecule has 8 rings (SSSR count). The number of halogens is 2. The van der Waals surface area contributed by atoms with Crippen molar-refractivity contribution in [3.8, 4) is 24.1 Å². The number of anilines is 3. The zero-order valence-corrected chi connectivity index (χ0v) is 33.9. The number of alkyl halides is 1. The smallest absolute Gasteiger partial charge is 0.319 e. The Hall–Kier alpha value is -5.74. The molecule has 2 aromatic heterocycles. The van der Waals surface area contributed by atoms with Crippen LogP contribution in [0, 0.1) is 18.2 Å². The van der Waals surface area contributed by atoms with E-state index >= 15 is 8.78 Å². The number of pyridine rings is 1. The summed E-state index contributed by atoms with van der Waals surface area (Å²) in [5.41, 5.74) is 2.62. The number of phenols is 1. The van der Waals surface area contributed by atoms with Crippen LogP contribution in [0.5, 0.6) is 11.8 Å². The van der Waals surface area contributed by atoms with E-state index in [9.17, 15) is 9.90 Å². The number of hydrogen-bond donors (Lipinski definition) is 2. The van der Waals surface area contributed by atoms with Crippen molar-refractivity contribution >= 4 is 45.7 Å². The van der Waals surface area contributed by atoms with Gasteiger partial charge in [-0.15, -0.1) is 6.42 Å². The zero-order valence-electron chi connectivity index (χ0n) is 33.9. The predicted molar refractivity (Wildman–Crippen MR) is 227 cm³/mol. The number of carbonyl (C=O) groups excluding carboxylic acids is 1. The summed E-state index contributed by atoms with van der Waals surface area (Å²) in [7, 11) is 1.82. The number of hydrogen-bond acceptors (Lipinski definition) is 10. The number of aromatic nitrogens is 3. The fourth-order valence-corrected chi connectivity index (χ4v) is 9.49. The average Bonchev–Trinajstić information content (AvgIpc) is 3.85. The highest BCUT2D eigenvalue weighted by atomic mass is 19.1. The van der Waals surface area contributed by atoms with E-state index in [4.69, 9.17) is 30.8 Å². The molecule has 4 aromatic rings. The summed E-state index contributed by atoms with van der Waals surface area (Å²) in [6.07, 6.45) is 14.7. The summed E-state index contributed by atoms with van der Waals surface area (Å²) in [6, 6.07) is 10.4. The Morgan fingerprint density at radius 3 is 2.76 bits per heavy atom. The number of benzene rings is 2. The molecule has 308 valence electrons. The van der Waals surface area contributed by atoms with Crippen molar-refractivity contribution in [1.29, 1.82) is 0 Å². The number of carbonyl (C=O) groups is 1. The maximum absolute atomic E-state index is 15.4. The fraction of sp³-hybridized carbons (Fsp3) is 0.435. The highest BCUT2D eigenvalue weighted by Crippen LogP contribution is 2.42. The number of phenolic OH excluding ortho intramolecular Hbond substituents is 1. The molecule has 2 aliphatic heterocycles.